The van der Waals surface area contributed by atoms with E-state index in [2.05, 4.69) is 57.8 Å². The quantitative estimate of drug-likeness (QED) is 0.470. The van der Waals surface area contributed by atoms with Crippen molar-refractivity contribution in [2.24, 2.45) is 5.92 Å². The first-order valence-corrected chi connectivity index (χ1v) is 9.61. The molecule has 0 heterocycles. The average Bonchev–Trinajstić information content (AvgIpc) is 2.27. The van der Waals surface area contributed by atoms with Crippen LogP contribution in [-0.2, 0) is 8.85 Å². The van der Waals surface area contributed by atoms with Gasteiger partial charge in [0.05, 0.1) is 12.2 Å². The summed E-state index contributed by atoms with van der Waals surface area (Å²) in [6.07, 6.45) is 13.7. The molecule has 0 saturated heterocycles. The molecule has 0 aromatic heterocycles. The Bertz CT molecular complexity index is 250. The van der Waals surface area contributed by atoms with Crippen molar-refractivity contribution >= 4 is 25.3 Å². The summed E-state index contributed by atoms with van der Waals surface area (Å²) in [5, 5.41) is 0. The molecule has 0 fully saturated rings. The maximum Gasteiger partial charge on any atom is 0.208 e. The fourth-order valence-corrected chi connectivity index (χ4v) is 2.73. The van der Waals surface area contributed by atoms with E-state index < -0.39 is 0 Å². The molecule has 0 saturated carbocycles. The molecule has 0 spiro atoms. The Kier molecular flexibility index (Phi) is 10.4. The smallest absolute Gasteiger partial charge is 0.208 e. The third kappa shape index (κ3) is 9.26. The molecule has 2 atom stereocenters. The SMILES string of the molecule is C=[SiH]OC(C)C/C=C/C=C/C(O[SiH2]C)C(C)C. The lowest BCUT2D eigenvalue weighted by molar-refractivity contribution is 0.209. The number of hydrogen-bond donors (Lipinski definition) is 0. The van der Waals surface area contributed by atoms with Crippen molar-refractivity contribution in [3.63, 3.8) is 0 Å². The highest BCUT2D eigenvalue weighted by molar-refractivity contribution is 6.33. The zero-order chi connectivity index (χ0) is 13.1. The molecular formula is C13H26O2Si2. The average molecular weight is 271 g/mol. The van der Waals surface area contributed by atoms with E-state index in [1.54, 1.807) is 0 Å². The lowest BCUT2D eigenvalue weighted by Crippen LogP contribution is -2.17. The molecule has 4 heteroatoms. The van der Waals surface area contributed by atoms with E-state index in [1.165, 1.54) is 0 Å². The van der Waals surface area contributed by atoms with Gasteiger partial charge in [0.25, 0.3) is 0 Å². The van der Waals surface area contributed by atoms with Crippen molar-refractivity contribution in [3.8, 4) is 0 Å². The lowest BCUT2D eigenvalue weighted by Gasteiger charge is -2.16. The monoisotopic (exact) mass is 270 g/mol. The van der Waals surface area contributed by atoms with Crippen LogP contribution in [0, 0.1) is 5.92 Å². The Hall–Kier alpha value is -0.456. The van der Waals surface area contributed by atoms with E-state index in [4.69, 9.17) is 8.85 Å². The summed E-state index contributed by atoms with van der Waals surface area (Å²) in [4.78, 5) is 0. The number of hydrogen-bond acceptors (Lipinski definition) is 2. The van der Waals surface area contributed by atoms with Crippen LogP contribution >= 0.6 is 0 Å². The topological polar surface area (TPSA) is 18.5 Å². The number of rotatable bonds is 9. The first kappa shape index (κ1) is 16.5. The minimum Gasteiger partial charge on any atom is -0.551 e. The van der Waals surface area contributed by atoms with Crippen LogP contribution in [0.15, 0.2) is 24.3 Å². The Labute approximate surface area is 111 Å². The fraction of sp³-hybridized carbons (Fsp3) is 0.615. The van der Waals surface area contributed by atoms with Crippen molar-refractivity contribution in [1.82, 2.24) is 0 Å². The maximum absolute atomic E-state index is 5.76. The van der Waals surface area contributed by atoms with Gasteiger partial charge in [0.15, 0.2) is 9.76 Å². The molecule has 0 aromatic rings. The third-order valence-electron chi connectivity index (χ3n) is 2.36. The largest absolute Gasteiger partial charge is 0.551 e. The molecule has 98 valence electrons. The minimum absolute atomic E-state index is 0.0977. The van der Waals surface area contributed by atoms with Crippen LogP contribution in [0.3, 0.4) is 0 Å². The van der Waals surface area contributed by atoms with Gasteiger partial charge in [-0.2, -0.15) is 0 Å². The Balaban J connectivity index is 3.97. The van der Waals surface area contributed by atoms with Gasteiger partial charge in [0, 0.05) is 6.42 Å². The molecule has 0 radical (unpaired) electrons. The van der Waals surface area contributed by atoms with E-state index in [0.29, 0.717) is 5.92 Å². The summed E-state index contributed by atoms with van der Waals surface area (Å²) in [6.45, 7) is 8.62. The second-order valence-corrected chi connectivity index (χ2v) is 5.84. The Morgan fingerprint density at radius 3 is 2.53 bits per heavy atom. The fourth-order valence-electron chi connectivity index (χ4n) is 1.40. The Morgan fingerprint density at radius 2 is 2.00 bits per heavy atom. The van der Waals surface area contributed by atoms with Crippen LogP contribution in [0.5, 0.6) is 0 Å². The molecule has 0 bridgehead atoms. The predicted molar refractivity (Wildman–Crippen MR) is 81.8 cm³/mol. The predicted octanol–water partition coefficient (Wildman–Crippen LogP) is 1.85. The molecule has 17 heavy (non-hydrogen) atoms. The standard InChI is InChI=1S/C13H26O2Si2/c1-11(2)13(15-17-5)10-8-6-7-9-12(3)14-16-4/h6-8,10-13,16H,4,9,17H2,1-3,5H3/b7-6+,10-8+. The van der Waals surface area contributed by atoms with Gasteiger partial charge in [-0.05, 0) is 12.8 Å². The summed E-state index contributed by atoms with van der Waals surface area (Å²) >= 11 is 0. The highest BCUT2D eigenvalue weighted by atomic mass is 28.2. The molecule has 0 aliphatic rings. The van der Waals surface area contributed by atoms with E-state index in [1.807, 2.05) is 0 Å². The normalized spacial score (nSPS) is 16.3. The van der Waals surface area contributed by atoms with Crippen molar-refractivity contribution in [2.45, 2.75) is 45.9 Å². The van der Waals surface area contributed by atoms with Crippen molar-refractivity contribution < 1.29 is 8.85 Å². The first-order chi connectivity index (χ1) is 8.11. The van der Waals surface area contributed by atoms with E-state index in [9.17, 15) is 0 Å². The molecule has 0 N–H and O–H groups in total. The van der Waals surface area contributed by atoms with Crippen LogP contribution < -0.4 is 0 Å². The van der Waals surface area contributed by atoms with Crippen molar-refractivity contribution in [1.29, 1.82) is 0 Å². The summed E-state index contributed by atoms with van der Waals surface area (Å²) in [6, 6.07) is 0. The zero-order valence-electron chi connectivity index (χ0n) is 11.6. The molecule has 0 aromatic carbocycles. The minimum atomic E-state index is -0.335. The van der Waals surface area contributed by atoms with Crippen molar-refractivity contribution in [3.05, 3.63) is 24.3 Å². The summed E-state index contributed by atoms with van der Waals surface area (Å²) in [7, 11) is -0.433. The molecule has 0 aliphatic carbocycles. The molecule has 0 amide bonds. The molecule has 2 unspecified atom stereocenters. The summed E-state index contributed by atoms with van der Waals surface area (Å²) in [5.74, 6) is 0.545. The van der Waals surface area contributed by atoms with Crippen LogP contribution in [0.2, 0.25) is 6.55 Å². The van der Waals surface area contributed by atoms with Crippen LogP contribution in [0.25, 0.3) is 0 Å². The van der Waals surface area contributed by atoms with Gasteiger partial charge in [0.2, 0.25) is 9.38 Å². The van der Waals surface area contributed by atoms with Crippen molar-refractivity contribution in [2.75, 3.05) is 0 Å². The maximum atomic E-state index is 5.76. The molecule has 0 aliphatic heterocycles. The van der Waals surface area contributed by atoms with E-state index in [0.717, 1.165) is 6.42 Å². The van der Waals surface area contributed by atoms with Gasteiger partial charge < -0.3 is 8.85 Å². The lowest BCUT2D eigenvalue weighted by atomic mass is 10.1. The van der Waals surface area contributed by atoms with Crippen LogP contribution in [0.4, 0.5) is 0 Å². The van der Waals surface area contributed by atoms with E-state index in [-0.39, 0.29) is 31.3 Å². The molecular weight excluding hydrogens is 244 g/mol. The molecule has 2 nitrogen and oxygen atoms in total. The third-order valence-corrected chi connectivity index (χ3v) is 3.74. The highest BCUT2D eigenvalue weighted by Crippen LogP contribution is 2.07. The zero-order valence-corrected chi connectivity index (χ0v) is 14.1. The van der Waals surface area contributed by atoms with Gasteiger partial charge in [0.1, 0.15) is 0 Å². The van der Waals surface area contributed by atoms with Crippen LogP contribution in [-0.4, -0.2) is 37.5 Å². The second-order valence-electron chi connectivity index (χ2n) is 4.33. The summed E-state index contributed by atoms with van der Waals surface area (Å²) < 4.78 is 11.2. The van der Waals surface area contributed by atoms with E-state index >= 15 is 0 Å². The van der Waals surface area contributed by atoms with Gasteiger partial charge in [-0.15, -0.1) is 0 Å². The highest BCUT2D eigenvalue weighted by Gasteiger charge is 2.07. The van der Waals surface area contributed by atoms with Gasteiger partial charge in [-0.1, -0.05) is 50.9 Å². The first-order valence-electron chi connectivity index (χ1n) is 6.33. The van der Waals surface area contributed by atoms with Gasteiger partial charge in [-0.25, -0.2) is 0 Å². The van der Waals surface area contributed by atoms with Crippen LogP contribution in [0.1, 0.15) is 27.2 Å². The molecule has 0 rings (SSSR count). The summed E-state index contributed by atoms with van der Waals surface area (Å²) in [5.41, 5.74) is 0. The second kappa shape index (κ2) is 10.7. The van der Waals surface area contributed by atoms with Gasteiger partial charge in [-0.3, -0.25) is 0 Å². The van der Waals surface area contributed by atoms with Gasteiger partial charge >= 0.3 is 0 Å². The number of allylic oxidation sites excluding steroid dienone is 2. The Morgan fingerprint density at radius 1 is 1.29 bits per heavy atom.